The van der Waals surface area contributed by atoms with Gasteiger partial charge in [0.15, 0.2) is 23.4 Å². The Labute approximate surface area is 142 Å². The van der Waals surface area contributed by atoms with Crippen molar-refractivity contribution in [3.63, 3.8) is 0 Å². The number of aliphatic hydroxyl groups is 1. The Morgan fingerprint density at radius 1 is 1.52 bits per heavy atom. The smallest absolute Gasteiger partial charge is 0.177 e. The molecule has 1 aromatic rings. The molecule has 6 heteroatoms. The van der Waals surface area contributed by atoms with Crippen LogP contribution in [0.25, 0.3) is 0 Å². The molecule has 1 N–H and O–H groups in total. The summed E-state index contributed by atoms with van der Waals surface area (Å²) >= 11 is 3.66. The number of carbonyl (C=O) groups excluding carboxylic acids is 1. The molecule has 2 fully saturated rings. The predicted octanol–water partition coefficient (Wildman–Crippen LogP) is 1.42. The SMILES string of the molecule is COc1cc(Br)c2c3c1O[C@H]1C(=O)C[C@@]4(O)[C@@H](C2)N(C)CC[C@]314. The van der Waals surface area contributed by atoms with E-state index in [0.717, 1.165) is 28.6 Å². The van der Waals surface area contributed by atoms with Crippen molar-refractivity contribution in [1.29, 1.82) is 0 Å². The van der Waals surface area contributed by atoms with Crippen LogP contribution in [0.2, 0.25) is 0 Å². The average molecular weight is 380 g/mol. The van der Waals surface area contributed by atoms with Gasteiger partial charge in [-0.15, -0.1) is 0 Å². The lowest BCUT2D eigenvalue weighted by atomic mass is 9.56. The lowest BCUT2D eigenvalue weighted by Crippen LogP contribution is -2.70. The topological polar surface area (TPSA) is 59.0 Å². The van der Waals surface area contributed by atoms with E-state index in [1.165, 1.54) is 0 Å². The fourth-order valence-electron chi connectivity index (χ4n) is 5.52. The molecular weight excluding hydrogens is 362 g/mol. The minimum atomic E-state index is -1.05. The minimum Gasteiger partial charge on any atom is -0.493 e. The summed E-state index contributed by atoms with van der Waals surface area (Å²) in [5.74, 6) is 1.30. The quantitative estimate of drug-likeness (QED) is 0.799. The Bertz CT molecular complexity index is 765. The first-order valence-corrected chi connectivity index (χ1v) is 8.75. The van der Waals surface area contributed by atoms with E-state index in [9.17, 15) is 9.90 Å². The highest BCUT2D eigenvalue weighted by Gasteiger charge is 2.76. The van der Waals surface area contributed by atoms with Gasteiger partial charge in [-0.1, -0.05) is 15.9 Å². The highest BCUT2D eigenvalue weighted by molar-refractivity contribution is 9.10. The van der Waals surface area contributed by atoms with Gasteiger partial charge in [0.2, 0.25) is 0 Å². The number of halogens is 1. The number of likely N-dealkylation sites (tertiary alicyclic amines) is 1. The van der Waals surface area contributed by atoms with Crippen molar-refractivity contribution >= 4 is 21.7 Å². The van der Waals surface area contributed by atoms with Gasteiger partial charge in [-0.2, -0.15) is 0 Å². The van der Waals surface area contributed by atoms with E-state index in [0.29, 0.717) is 17.9 Å². The number of likely N-dealkylation sites (N-methyl/N-ethyl adjacent to an activating group) is 1. The van der Waals surface area contributed by atoms with Gasteiger partial charge in [0.25, 0.3) is 0 Å². The van der Waals surface area contributed by atoms with Crippen molar-refractivity contribution in [2.75, 3.05) is 20.7 Å². The van der Waals surface area contributed by atoms with Gasteiger partial charge in [-0.05, 0) is 38.1 Å². The number of piperidine rings is 1. The van der Waals surface area contributed by atoms with Crippen molar-refractivity contribution in [1.82, 2.24) is 4.90 Å². The van der Waals surface area contributed by atoms with Crippen molar-refractivity contribution in [2.45, 2.75) is 42.4 Å². The third kappa shape index (κ3) is 1.33. The van der Waals surface area contributed by atoms with Crippen molar-refractivity contribution in [2.24, 2.45) is 0 Å². The van der Waals surface area contributed by atoms with E-state index < -0.39 is 17.1 Å². The summed E-state index contributed by atoms with van der Waals surface area (Å²) in [6, 6.07) is 1.85. The molecule has 0 unspecified atom stereocenters. The van der Waals surface area contributed by atoms with Crippen LogP contribution in [0.4, 0.5) is 0 Å². The molecule has 5 rings (SSSR count). The van der Waals surface area contributed by atoms with E-state index in [2.05, 4.69) is 20.8 Å². The minimum absolute atomic E-state index is 0.00928. The van der Waals surface area contributed by atoms with Crippen LogP contribution in [0.5, 0.6) is 11.5 Å². The zero-order chi connectivity index (χ0) is 16.1. The zero-order valence-electron chi connectivity index (χ0n) is 13.1. The van der Waals surface area contributed by atoms with E-state index in [1.807, 2.05) is 13.1 Å². The Morgan fingerprint density at radius 3 is 3.04 bits per heavy atom. The van der Waals surface area contributed by atoms with Gasteiger partial charge in [0, 0.05) is 22.5 Å². The summed E-state index contributed by atoms with van der Waals surface area (Å²) in [6.07, 6.45) is 1.04. The molecule has 1 spiro atoms. The first kappa shape index (κ1) is 14.3. The molecular formula is C17H18BrNO4. The molecule has 5 nitrogen and oxygen atoms in total. The first-order valence-electron chi connectivity index (χ1n) is 7.96. The molecule has 122 valence electrons. The lowest BCUT2D eigenvalue weighted by molar-refractivity contribution is -0.131. The summed E-state index contributed by atoms with van der Waals surface area (Å²) < 4.78 is 12.6. The van der Waals surface area contributed by atoms with Gasteiger partial charge in [-0.25, -0.2) is 0 Å². The Kier molecular flexibility index (Phi) is 2.54. The standard InChI is InChI=1S/C17H18BrNO4/c1-19-4-3-16-13-8-5-12(19)17(16,21)7-10(20)15(16)23-14(13)11(22-2)6-9(8)18/h6,12,15,21H,3-5,7H2,1-2H3/t12-,15+,16+,17-/m1/s1. The van der Waals surface area contributed by atoms with Crippen molar-refractivity contribution in [3.8, 4) is 11.5 Å². The summed E-state index contributed by atoms with van der Waals surface area (Å²) in [7, 11) is 3.64. The molecule has 2 aliphatic heterocycles. The van der Waals surface area contributed by atoms with Gasteiger partial charge in [0.05, 0.1) is 12.5 Å². The van der Waals surface area contributed by atoms with Gasteiger partial charge >= 0.3 is 0 Å². The van der Waals surface area contributed by atoms with Crippen LogP contribution in [0.15, 0.2) is 10.5 Å². The molecule has 0 amide bonds. The molecule has 1 saturated carbocycles. The average Bonchev–Trinajstić information content (AvgIpc) is 2.96. The Morgan fingerprint density at radius 2 is 2.30 bits per heavy atom. The molecule has 0 radical (unpaired) electrons. The number of Topliss-reactive ketones (excluding diaryl/α,β-unsaturated/α-hetero) is 1. The number of hydrogen-bond donors (Lipinski definition) is 1. The van der Waals surface area contributed by atoms with Crippen LogP contribution in [0, 0.1) is 0 Å². The second-order valence-electron chi connectivity index (χ2n) is 7.23. The molecule has 4 aliphatic rings. The van der Waals surface area contributed by atoms with Gasteiger partial charge < -0.3 is 19.5 Å². The van der Waals surface area contributed by atoms with Crippen LogP contribution < -0.4 is 9.47 Å². The van der Waals surface area contributed by atoms with E-state index in [1.54, 1.807) is 7.11 Å². The maximum Gasteiger partial charge on any atom is 0.177 e. The summed E-state index contributed by atoms with van der Waals surface area (Å²) in [5, 5.41) is 11.6. The third-order valence-electron chi connectivity index (χ3n) is 6.50. The van der Waals surface area contributed by atoms with E-state index >= 15 is 0 Å². The molecule has 1 saturated heterocycles. The van der Waals surface area contributed by atoms with Crippen LogP contribution in [0.1, 0.15) is 24.0 Å². The highest BCUT2D eigenvalue weighted by Crippen LogP contribution is 2.66. The third-order valence-corrected chi connectivity index (χ3v) is 7.20. The van der Waals surface area contributed by atoms with Crippen molar-refractivity contribution < 1.29 is 19.4 Å². The van der Waals surface area contributed by atoms with Crippen LogP contribution in [-0.4, -0.2) is 54.2 Å². The number of carbonyl (C=O) groups is 1. The predicted molar refractivity (Wildman–Crippen MR) is 86.1 cm³/mol. The van der Waals surface area contributed by atoms with E-state index in [4.69, 9.17) is 9.47 Å². The number of ketones is 1. The second kappa shape index (κ2) is 4.10. The van der Waals surface area contributed by atoms with E-state index in [-0.39, 0.29) is 18.2 Å². The monoisotopic (exact) mass is 379 g/mol. The molecule has 2 heterocycles. The van der Waals surface area contributed by atoms with Crippen LogP contribution in [-0.2, 0) is 16.6 Å². The molecule has 4 atom stereocenters. The highest BCUT2D eigenvalue weighted by atomic mass is 79.9. The maximum atomic E-state index is 12.7. The summed E-state index contributed by atoms with van der Waals surface area (Å²) in [4.78, 5) is 14.9. The van der Waals surface area contributed by atoms with Crippen molar-refractivity contribution in [3.05, 3.63) is 21.7 Å². The fraction of sp³-hybridized carbons (Fsp3) is 0.588. The number of nitrogens with zero attached hydrogens (tertiary/aromatic N) is 1. The van der Waals surface area contributed by atoms with Gasteiger partial charge in [-0.3, -0.25) is 4.79 Å². The molecule has 1 aromatic carbocycles. The molecule has 0 aromatic heterocycles. The molecule has 2 bridgehead atoms. The number of rotatable bonds is 1. The first-order chi connectivity index (χ1) is 10.9. The normalized spacial score (nSPS) is 40.1. The second-order valence-corrected chi connectivity index (χ2v) is 8.08. The van der Waals surface area contributed by atoms with Crippen LogP contribution >= 0.6 is 15.9 Å². The molecule has 23 heavy (non-hydrogen) atoms. The number of ether oxygens (including phenoxy) is 2. The Balaban J connectivity index is 1.90. The fourth-order valence-corrected chi connectivity index (χ4v) is 6.08. The number of methoxy groups -OCH3 is 1. The summed E-state index contributed by atoms with van der Waals surface area (Å²) in [6.45, 7) is 0.855. The largest absolute Gasteiger partial charge is 0.493 e. The van der Waals surface area contributed by atoms with Gasteiger partial charge in [0.1, 0.15) is 5.60 Å². The maximum absolute atomic E-state index is 12.7. The summed E-state index contributed by atoms with van der Waals surface area (Å²) in [5.41, 5.74) is 0.484. The number of hydrogen-bond acceptors (Lipinski definition) is 5. The zero-order valence-corrected chi connectivity index (χ0v) is 14.6. The number of benzene rings is 1. The van der Waals surface area contributed by atoms with Crippen LogP contribution in [0.3, 0.4) is 0 Å². The lowest BCUT2D eigenvalue weighted by Gasteiger charge is -2.56. The Hall–Kier alpha value is -1.11. The molecule has 2 aliphatic carbocycles.